The molecule has 0 spiro atoms. The lowest BCUT2D eigenvalue weighted by atomic mass is 9.96. The zero-order valence-electron chi connectivity index (χ0n) is 17.0. The molecule has 4 aromatic rings. The molecule has 3 heterocycles. The van der Waals surface area contributed by atoms with Crippen LogP contribution in [0.25, 0.3) is 21.9 Å². The highest BCUT2D eigenvalue weighted by atomic mass is 16.2. The van der Waals surface area contributed by atoms with Gasteiger partial charge in [-0.15, -0.1) is 0 Å². The summed E-state index contributed by atoms with van der Waals surface area (Å²) >= 11 is 0. The lowest BCUT2D eigenvalue weighted by molar-refractivity contribution is -0.132. The molecule has 2 aromatic carbocycles. The van der Waals surface area contributed by atoms with Crippen LogP contribution in [0.4, 0.5) is 5.82 Å². The number of rotatable bonds is 3. The van der Waals surface area contributed by atoms with Crippen LogP contribution in [-0.2, 0) is 4.79 Å². The first-order chi connectivity index (χ1) is 14.7. The van der Waals surface area contributed by atoms with E-state index in [1.54, 1.807) is 12.7 Å². The van der Waals surface area contributed by atoms with Gasteiger partial charge in [0.15, 0.2) is 11.5 Å². The van der Waals surface area contributed by atoms with Gasteiger partial charge in [-0.3, -0.25) is 4.79 Å². The molecule has 1 saturated heterocycles. The van der Waals surface area contributed by atoms with Crippen LogP contribution in [0.2, 0.25) is 0 Å². The third kappa shape index (κ3) is 3.36. The third-order valence-electron chi connectivity index (χ3n) is 5.95. The molecule has 2 aromatic heterocycles. The smallest absolute Gasteiger partial charge is 0.229 e. The van der Waals surface area contributed by atoms with Crippen molar-refractivity contribution in [2.45, 2.75) is 19.3 Å². The summed E-state index contributed by atoms with van der Waals surface area (Å²) in [5.41, 5.74) is 2.58. The third-order valence-corrected chi connectivity index (χ3v) is 5.95. The number of nitrogens with one attached hydrogen (secondary N) is 1. The van der Waals surface area contributed by atoms with Gasteiger partial charge in [0, 0.05) is 26.2 Å². The Morgan fingerprint density at radius 2 is 1.87 bits per heavy atom. The topological polar surface area (TPSA) is 78.0 Å². The summed E-state index contributed by atoms with van der Waals surface area (Å²) in [7, 11) is 0. The van der Waals surface area contributed by atoms with Gasteiger partial charge in [0.25, 0.3) is 0 Å². The van der Waals surface area contributed by atoms with E-state index in [1.807, 2.05) is 24.0 Å². The van der Waals surface area contributed by atoms with E-state index in [9.17, 15) is 4.79 Å². The molecule has 1 aliphatic heterocycles. The van der Waals surface area contributed by atoms with Crippen molar-refractivity contribution in [1.82, 2.24) is 24.8 Å². The molecule has 152 valence electrons. The van der Waals surface area contributed by atoms with Crippen molar-refractivity contribution >= 4 is 33.7 Å². The highest BCUT2D eigenvalue weighted by molar-refractivity contribution is 5.88. The predicted molar refractivity (Wildman–Crippen MR) is 117 cm³/mol. The number of aromatic amines is 1. The van der Waals surface area contributed by atoms with Crippen molar-refractivity contribution in [3.63, 3.8) is 0 Å². The summed E-state index contributed by atoms with van der Waals surface area (Å²) < 4.78 is 0. The lowest BCUT2D eigenvalue weighted by Crippen LogP contribution is -2.37. The fourth-order valence-electron chi connectivity index (χ4n) is 4.24. The number of hydrogen-bond acceptors (Lipinski definition) is 5. The molecule has 1 atom stereocenters. The van der Waals surface area contributed by atoms with Crippen LogP contribution in [0.1, 0.15) is 24.8 Å². The summed E-state index contributed by atoms with van der Waals surface area (Å²) in [6.07, 6.45) is 4.09. The van der Waals surface area contributed by atoms with Crippen molar-refractivity contribution in [2.75, 3.05) is 31.1 Å². The Morgan fingerprint density at radius 1 is 1.00 bits per heavy atom. The van der Waals surface area contributed by atoms with E-state index in [-0.39, 0.29) is 11.8 Å². The van der Waals surface area contributed by atoms with Crippen molar-refractivity contribution in [1.29, 1.82) is 0 Å². The average molecular weight is 400 g/mol. The van der Waals surface area contributed by atoms with E-state index in [0.717, 1.165) is 43.0 Å². The molecule has 0 aliphatic carbocycles. The number of amides is 1. The Balaban J connectivity index is 1.32. The molecular weight excluding hydrogens is 376 g/mol. The second-order valence-corrected chi connectivity index (χ2v) is 7.79. The van der Waals surface area contributed by atoms with E-state index in [4.69, 9.17) is 0 Å². The molecule has 7 heteroatoms. The molecule has 0 radical (unpaired) electrons. The van der Waals surface area contributed by atoms with E-state index in [0.29, 0.717) is 12.2 Å². The number of benzene rings is 2. The minimum atomic E-state index is -0.167. The van der Waals surface area contributed by atoms with Gasteiger partial charge >= 0.3 is 0 Å². The van der Waals surface area contributed by atoms with Crippen molar-refractivity contribution in [3.8, 4) is 0 Å². The van der Waals surface area contributed by atoms with Gasteiger partial charge < -0.3 is 14.8 Å². The highest BCUT2D eigenvalue weighted by Crippen LogP contribution is 2.25. The van der Waals surface area contributed by atoms with Crippen molar-refractivity contribution in [2.24, 2.45) is 0 Å². The minimum Gasteiger partial charge on any atom is -0.353 e. The van der Waals surface area contributed by atoms with Crippen LogP contribution in [0.5, 0.6) is 0 Å². The molecular formula is C23H24N6O. The number of anilines is 1. The van der Waals surface area contributed by atoms with Gasteiger partial charge in [0.2, 0.25) is 5.91 Å². The van der Waals surface area contributed by atoms with E-state index >= 15 is 0 Å². The first kappa shape index (κ1) is 18.5. The number of hydrogen-bond donors (Lipinski definition) is 1. The van der Waals surface area contributed by atoms with Crippen molar-refractivity contribution < 1.29 is 4.79 Å². The number of imidazole rings is 1. The summed E-state index contributed by atoms with van der Waals surface area (Å²) in [4.78, 5) is 33.5. The Morgan fingerprint density at radius 3 is 2.77 bits per heavy atom. The largest absolute Gasteiger partial charge is 0.353 e. The first-order valence-electron chi connectivity index (χ1n) is 10.4. The van der Waals surface area contributed by atoms with Crippen LogP contribution in [0.3, 0.4) is 0 Å². The van der Waals surface area contributed by atoms with Gasteiger partial charge in [-0.25, -0.2) is 15.0 Å². The molecule has 1 fully saturated rings. The molecule has 1 aliphatic rings. The van der Waals surface area contributed by atoms with Gasteiger partial charge in [-0.1, -0.05) is 42.5 Å². The fourth-order valence-corrected chi connectivity index (χ4v) is 4.24. The Kier molecular flexibility index (Phi) is 4.78. The summed E-state index contributed by atoms with van der Waals surface area (Å²) in [6, 6.07) is 14.6. The quantitative estimate of drug-likeness (QED) is 0.571. The standard InChI is InChI=1S/C23H24N6O/c1-16(18-8-7-17-5-2-3-6-19(17)13-18)23(30)29-10-4-9-28(11-12-29)22-20-21(25-14-24-20)26-15-27-22/h2-3,5-8,13-16H,4,9-12H2,1H3,(H,24,25,26,27). The summed E-state index contributed by atoms with van der Waals surface area (Å²) in [5, 5.41) is 2.37. The van der Waals surface area contributed by atoms with Crippen LogP contribution in [-0.4, -0.2) is 56.9 Å². The molecule has 1 unspecified atom stereocenters. The Bertz CT molecular complexity index is 1200. The van der Waals surface area contributed by atoms with Gasteiger partial charge in [-0.05, 0) is 29.7 Å². The zero-order chi connectivity index (χ0) is 20.5. The maximum atomic E-state index is 13.3. The Hall–Kier alpha value is -3.48. The van der Waals surface area contributed by atoms with Crippen molar-refractivity contribution in [3.05, 3.63) is 60.7 Å². The van der Waals surface area contributed by atoms with Gasteiger partial charge in [0.1, 0.15) is 11.8 Å². The van der Waals surface area contributed by atoms with Gasteiger partial charge in [0.05, 0.1) is 12.2 Å². The average Bonchev–Trinajstić information content (AvgIpc) is 3.14. The number of nitrogens with zero attached hydrogens (tertiary/aromatic N) is 5. The number of H-pyrrole nitrogens is 1. The summed E-state index contributed by atoms with van der Waals surface area (Å²) in [6.45, 7) is 5.02. The van der Waals surface area contributed by atoms with Gasteiger partial charge in [-0.2, -0.15) is 0 Å². The van der Waals surface area contributed by atoms with E-state index < -0.39 is 0 Å². The first-order valence-corrected chi connectivity index (χ1v) is 10.4. The predicted octanol–water partition coefficient (Wildman–Crippen LogP) is 3.35. The second-order valence-electron chi connectivity index (χ2n) is 7.79. The fraction of sp³-hybridized carbons (Fsp3) is 0.304. The minimum absolute atomic E-state index is 0.167. The van der Waals surface area contributed by atoms with Crippen LogP contribution in [0.15, 0.2) is 55.1 Å². The number of fused-ring (bicyclic) bond motifs is 2. The molecule has 1 amide bonds. The number of aromatic nitrogens is 4. The molecule has 30 heavy (non-hydrogen) atoms. The number of carbonyl (C=O) groups is 1. The van der Waals surface area contributed by atoms with Crippen LogP contribution >= 0.6 is 0 Å². The maximum Gasteiger partial charge on any atom is 0.229 e. The Labute approximate surface area is 174 Å². The molecule has 0 bridgehead atoms. The molecule has 1 N–H and O–H groups in total. The monoisotopic (exact) mass is 400 g/mol. The van der Waals surface area contributed by atoms with E-state index in [2.05, 4.69) is 55.2 Å². The van der Waals surface area contributed by atoms with E-state index in [1.165, 1.54) is 10.8 Å². The number of carbonyl (C=O) groups excluding carboxylic acids is 1. The molecule has 7 nitrogen and oxygen atoms in total. The van der Waals surface area contributed by atoms with Crippen LogP contribution in [0, 0.1) is 0 Å². The summed E-state index contributed by atoms with van der Waals surface area (Å²) in [5.74, 6) is 0.871. The van der Waals surface area contributed by atoms with Crippen LogP contribution < -0.4 is 4.90 Å². The lowest BCUT2D eigenvalue weighted by Gasteiger charge is -2.25. The maximum absolute atomic E-state index is 13.3. The normalized spacial score (nSPS) is 16.0. The molecule has 5 rings (SSSR count). The second kappa shape index (κ2) is 7.74. The molecule has 0 saturated carbocycles. The SMILES string of the molecule is CC(C(=O)N1CCCN(c2ncnc3nc[nH]c23)CC1)c1ccc2ccccc2c1. The zero-order valence-corrected chi connectivity index (χ0v) is 17.0. The highest BCUT2D eigenvalue weighted by Gasteiger charge is 2.25.